The standard InChI is InChI=1S/C41H47FN8O5/c1-46(29-17-19-48(20-18-29)33-5-4-6-34-38(33)47(2)41(54)50(34)35-15-16-37(51)44-40(35)53)23-25-7-13-30(14-8-25)49-24-27-21-32(36(55-3)22-31(27)45-49)43-39(52)26-9-11-28(42)12-10-26/h4-6,9-12,21-22,24-25,29-30,35H,7-8,13-20,23H2,1-3H3,(H,43,52)(H,44,51,53). The number of nitrogens with zero attached hydrogens (tertiary/aromatic N) is 6. The Bertz CT molecular complexity index is 2310. The molecule has 2 aliphatic heterocycles. The summed E-state index contributed by atoms with van der Waals surface area (Å²) >= 11 is 0. The number of carbonyl (C=O) groups excluding carboxylic acids is 3. The Kier molecular flexibility index (Phi) is 9.93. The lowest BCUT2D eigenvalue weighted by Gasteiger charge is -2.40. The number of halogens is 1. The molecule has 55 heavy (non-hydrogen) atoms. The van der Waals surface area contributed by atoms with Crippen LogP contribution in [0.4, 0.5) is 15.8 Å². The minimum absolute atomic E-state index is 0.214. The van der Waals surface area contributed by atoms with Crippen LogP contribution in [0.2, 0.25) is 0 Å². The highest BCUT2D eigenvalue weighted by atomic mass is 19.1. The van der Waals surface area contributed by atoms with Crippen LogP contribution in [0, 0.1) is 11.7 Å². The molecular formula is C41H47FN8O5. The Hall–Kier alpha value is -5.50. The summed E-state index contributed by atoms with van der Waals surface area (Å²) in [6.45, 7) is 2.79. The van der Waals surface area contributed by atoms with E-state index in [9.17, 15) is 23.6 Å². The monoisotopic (exact) mass is 750 g/mol. The largest absolute Gasteiger partial charge is 0.494 e. The minimum atomic E-state index is -0.702. The SMILES string of the molecule is COc1cc2nn(C3CCC(CN(C)C4CCN(c5cccc6c5n(C)c(=O)n6C5CCC(=O)NC5=O)CC4)CC3)cc2cc1NC(=O)c1ccc(F)cc1. The van der Waals surface area contributed by atoms with Gasteiger partial charge in [0.2, 0.25) is 11.8 Å². The van der Waals surface area contributed by atoms with Gasteiger partial charge in [-0.25, -0.2) is 9.18 Å². The predicted octanol–water partition coefficient (Wildman–Crippen LogP) is 5.40. The summed E-state index contributed by atoms with van der Waals surface area (Å²) in [5, 5.41) is 11.1. The highest BCUT2D eigenvalue weighted by Crippen LogP contribution is 2.37. The van der Waals surface area contributed by atoms with Gasteiger partial charge < -0.3 is 19.9 Å². The van der Waals surface area contributed by atoms with Crippen molar-refractivity contribution in [3.05, 3.63) is 82.7 Å². The minimum Gasteiger partial charge on any atom is -0.494 e. The predicted molar refractivity (Wildman–Crippen MR) is 208 cm³/mol. The van der Waals surface area contributed by atoms with Gasteiger partial charge in [0.15, 0.2) is 0 Å². The molecule has 1 unspecified atom stereocenters. The van der Waals surface area contributed by atoms with Crippen LogP contribution >= 0.6 is 0 Å². The molecule has 1 atom stereocenters. The fourth-order valence-electron chi connectivity index (χ4n) is 8.92. The summed E-state index contributed by atoms with van der Waals surface area (Å²) in [6.07, 6.45) is 8.92. The molecule has 2 N–H and O–H groups in total. The summed E-state index contributed by atoms with van der Waals surface area (Å²) in [4.78, 5) is 55.7. The summed E-state index contributed by atoms with van der Waals surface area (Å²) in [5.74, 6) is -0.348. The van der Waals surface area contributed by atoms with E-state index in [4.69, 9.17) is 9.84 Å². The van der Waals surface area contributed by atoms with Gasteiger partial charge in [0, 0.05) is 62.4 Å². The highest BCUT2D eigenvalue weighted by Gasteiger charge is 2.33. The van der Waals surface area contributed by atoms with Gasteiger partial charge in [-0.3, -0.25) is 33.5 Å². The molecule has 0 spiro atoms. The second-order valence-corrected chi connectivity index (χ2v) is 15.3. The molecule has 13 nitrogen and oxygen atoms in total. The maximum absolute atomic E-state index is 13.4. The number of amides is 3. The first-order chi connectivity index (χ1) is 26.6. The van der Waals surface area contributed by atoms with Crippen molar-refractivity contribution in [3.63, 3.8) is 0 Å². The number of hydrogen-bond acceptors (Lipinski definition) is 8. The number of imide groups is 1. The van der Waals surface area contributed by atoms with E-state index in [1.807, 2.05) is 24.3 Å². The molecule has 5 aromatic rings. The van der Waals surface area contributed by atoms with Crippen LogP contribution in [0.1, 0.15) is 73.8 Å². The van der Waals surface area contributed by atoms with E-state index in [0.717, 1.165) is 80.3 Å². The number of aromatic nitrogens is 4. The van der Waals surface area contributed by atoms with E-state index in [2.05, 4.69) is 44.4 Å². The topological polar surface area (TPSA) is 136 Å². The van der Waals surface area contributed by atoms with E-state index in [-0.39, 0.29) is 23.9 Å². The fourth-order valence-corrected chi connectivity index (χ4v) is 8.92. The molecule has 2 aromatic heterocycles. The number of benzene rings is 3. The van der Waals surface area contributed by atoms with Gasteiger partial charge in [0.05, 0.1) is 41.1 Å². The zero-order chi connectivity index (χ0) is 38.4. The second-order valence-electron chi connectivity index (χ2n) is 15.3. The van der Waals surface area contributed by atoms with Gasteiger partial charge in [0.25, 0.3) is 5.91 Å². The van der Waals surface area contributed by atoms with Crippen LogP contribution in [0.5, 0.6) is 5.75 Å². The van der Waals surface area contributed by atoms with Crippen molar-refractivity contribution in [1.82, 2.24) is 29.1 Å². The first kappa shape index (κ1) is 36.5. The number of methoxy groups -OCH3 is 1. The number of rotatable bonds is 9. The zero-order valence-electron chi connectivity index (χ0n) is 31.5. The Morgan fingerprint density at radius 1 is 1.00 bits per heavy atom. The number of nitrogens with one attached hydrogen (secondary N) is 2. The van der Waals surface area contributed by atoms with Crippen molar-refractivity contribution in [1.29, 1.82) is 0 Å². The van der Waals surface area contributed by atoms with Crippen LogP contribution < -0.4 is 26.0 Å². The van der Waals surface area contributed by atoms with Crippen LogP contribution in [0.15, 0.2) is 65.6 Å². The third kappa shape index (κ3) is 7.10. The van der Waals surface area contributed by atoms with E-state index in [1.54, 1.807) is 23.3 Å². The normalized spacial score (nSPS) is 21.0. The number of ether oxygens (including phenoxy) is 1. The van der Waals surface area contributed by atoms with Crippen LogP contribution in [-0.4, -0.2) is 81.4 Å². The molecule has 1 saturated carbocycles. The smallest absolute Gasteiger partial charge is 0.329 e. The average Bonchev–Trinajstić information content (AvgIpc) is 3.72. The zero-order valence-corrected chi connectivity index (χ0v) is 31.5. The lowest BCUT2D eigenvalue weighted by atomic mass is 9.85. The molecule has 0 bridgehead atoms. The first-order valence-corrected chi connectivity index (χ1v) is 19.2. The number of carbonyl (C=O) groups is 3. The average molecular weight is 751 g/mol. The van der Waals surface area contributed by atoms with Crippen LogP contribution in [-0.2, 0) is 16.6 Å². The molecule has 0 radical (unpaired) electrons. The van der Waals surface area contributed by atoms with Gasteiger partial charge in [-0.15, -0.1) is 0 Å². The van der Waals surface area contributed by atoms with Crippen molar-refractivity contribution in [2.75, 3.05) is 44.0 Å². The maximum Gasteiger partial charge on any atom is 0.329 e. The Labute approximate surface area is 318 Å². The number of para-hydroxylation sites is 1. The van der Waals surface area contributed by atoms with Gasteiger partial charge in [-0.1, -0.05) is 6.07 Å². The Morgan fingerprint density at radius 2 is 1.75 bits per heavy atom. The van der Waals surface area contributed by atoms with E-state index >= 15 is 0 Å². The van der Waals surface area contributed by atoms with Crippen LogP contribution in [0.3, 0.4) is 0 Å². The van der Waals surface area contributed by atoms with Crippen molar-refractivity contribution in [2.45, 2.75) is 69.5 Å². The molecular weight excluding hydrogens is 704 g/mol. The first-order valence-electron chi connectivity index (χ1n) is 19.2. The van der Waals surface area contributed by atoms with Gasteiger partial charge in [0.1, 0.15) is 17.6 Å². The third-order valence-electron chi connectivity index (χ3n) is 12.0. The fraction of sp³-hybridized carbons (Fsp3) is 0.439. The molecule has 2 saturated heterocycles. The Morgan fingerprint density at radius 3 is 2.45 bits per heavy atom. The van der Waals surface area contributed by atoms with Crippen molar-refractivity contribution < 1.29 is 23.5 Å². The van der Waals surface area contributed by atoms with E-state index in [1.165, 1.54) is 24.3 Å². The highest BCUT2D eigenvalue weighted by molar-refractivity contribution is 6.06. The van der Waals surface area contributed by atoms with Gasteiger partial charge in [-0.05, 0) is 100 Å². The molecule has 3 amide bonds. The molecule has 3 aliphatic rings. The molecule has 288 valence electrons. The molecule has 3 aromatic carbocycles. The lowest BCUT2D eigenvalue weighted by molar-refractivity contribution is -0.135. The second kappa shape index (κ2) is 15.0. The van der Waals surface area contributed by atoms with Crippen molar-refractivity contribution in [3.8, 4) is 5.75 Å². The quantitative estimate of drug-likeness (QED) is 0.191. The number of hydrogen-bond donors (Lipinski definition) is 2. The molecule has 14 heteroatoms. The van der Waals surface area contributed by atoms with Crippen LogP contribution in [0.25, 0.3) is 21.9 Å². The lowest BCUT2D eigenvalue weighted by Crippen LogP contribution is -2.45. The van der Waals surface area contributed by atoms with Gasteiger partial charge in [-0.2, -0.15) is 5.10 Å². The van der Waals surface area contributed by atoms with E-state index in [0.29, 0.717) is 46.9 Å². The molecule has 4 heterocycles. The van der Waals surface area contributed by atoms with E-state index < -0.39 is 17.8 Å². The third-order valence-corrected chi connectivity index (χ3v) is 12.0. The number of aryl methyl sites for hydroxylation is 1. The summed E-state index contributed by atoms with van der Waals surface area (Å²) in [5.41, 5.74) is 3.98. The molecule has 3 fully saturated rings. The number of piperidine rings is 2. The molecule has 8 rings (SSSR count). The van der Waals surface area contributed by atoms with Gasteiger partial charge >= 0.3 is 5.69 Å². The number of imidazole rings is 1. The maximum atomic E-state index is 13.4. The summed E-state index contributed by atoms with van der Waals surface area (Å²) in [7, 11) is 5.56. The number of fused-ring (bicyclic) bond motifs is 2. The van der Waals surface area contributed by atoms with Crippen molar-refractivity contribution in [2.24, 2.45) is 13.0 Å². The van der Waals surface area contributed by atoms with Crippen molar-refractivity contribution >= 4 is 51.0 Å². The summed E-state index contributed by atoms with van der Waals surface area (Å²) in [6, 6.07) is 15.1. The number of anilines is 2. The Balaban J connectivity index is 0.866. The summed E-state index contributed by atoms with van der Waals surface area (Å²) < 4.78 is 24.2. The molecule has 1 aliphatic carbocycles.